The summed E-state index contributed by atoms with van der Waals surface area (Å²) in [7, 11) is 0. The predicted octanol–water partition coefficient (Wildman–Crippen LogP) is 19.4. The van der Waals surface area contributed by atoms with Gasteiger partial charge in [0, 0.05) is 59.3 Å². The van der Waals surface area contributed by atoms with Crippen molar-refractivity contribution in [1.82, 2.24) is 135 Å². The number of nitrogens with one attached hydrogen (secondary N) is 1. The minimum atomic E-state index is 0.282. The van der Waals surface area contributed by atoms with E-state index >= 15 is 0 Å². The molecule has 0 atom stereocenters. The molecule has 0 aliphatic rings. The highest BCUT2D eigenvalue weighted by Gasteiger charge is 2.04. The number of nitrogens with zero attached hydrogens (tertiary/aromatic N) is 26. The van der Waals surface area contributed by atoms with Crippen LogP contribution in [0.3, 0.4) is 0 Å². The maximum absolute atomic E-state index is 4.62. The summed E-state index contributed by atoms with van der Waals surface area (Å²) in [4.78, 5) is 3.56. The summed E-state index contributed by atoms with van der Waals surface area (Å²) < 4.78 is 44.5. The summed E-state index contributed by atoms with van der Waals surface area (Å²) in [6.07, 6.45) is 26.4. The Morgan fingerprint density at radius 2 is 0.925 bits per heavy atom. The van der Waals surface area contributed by atoms with E-state index in [1.54, 1.807) is 67.9 Å². The van der Waals surface area contributed by atoms with E-state index < -0.39 is 0 Å². The quantitative estimate of drug-likeness (QED) is 0.171. The molecule has 1 N–H and O–H groups in total. The summed E-state index contributed by atoms with van der Waals surface area (Å²) in [6, 6.07) is 8.92. The molecule has 12 rings (SSSR count). The monoisotopic (exact) mass is 1540 g/mol. The number of aromatic amines is 1. The maximum Gasteiger partial charge on any atom is 0.250 e. The van der Waals surface area contributed by atoms with Crippen molar-refractivity contribution >= 4 is 35.0 Å². The molecule has 106 heavy (non-hydrogen) atoms. The van der Waals surface area contributed by atoms with Gasteiger partial charge in [-0.1, -0.05) is 256 Å². The molecule has 0 radical (unpaired) electrons. The Labute approximate surface area is 645 Å². The molecule has 0 saturated heterocycles. The Balaban J connectivity index is -0.000000160. The van der Waals surface area contributed by atoms with E-state index in [1.807, 2.05) is 52.1 Å². The number of oxazole rings is 1. The van der Waals surface area contributed by atoms with Crippen molar-refractivity contribution in [1.29, 1.82) is 0 Å². The minimum Gasteiger partial charge on any atom is -0.452 e. The van der Waals surface area contributed by atoms with Crippen LogP contribution in [-0.4, -0.2) is 135 Å². The van der Waals surface area contributed by atoms with E-state index in [4.69, 9.17) is 0 Å². The lowest BCUT2D eigenvalue weighted by molar-refractivity contribution is 0.292. The molecule has 0 aliphatic heterocycles. The molecule has 0 aliphatic carbocycles. The lowest BCUT2D eigenvalue weighted by Gasteiger charge is -1.92. The molecule has 0 bridgehead atoms. The second kappa shape index (κ2) is 91.8. The van der Waals surface area contributed by atoms with Crippen molar-refractivity contribution < 1.29 is 27.2 Å². The van der Waals surface area contributed by atoms with Crippen LogP contribution < -0.4 is 0 Å². The van der Waals surface area contributed by atoms with Gasteiger partial charge in [-0.3, -0.25) is 5.10 Å². The lowest BCUT2D eigenvalue weighted by atomic mass is 10.2. The summed E-state index contributed by atoms with van der Waals surface area (Å²) in [6.45, 7) is 68.4. The predicted molar refractivity (Wildman–Crippen MR) is 422 cm³/mol. The summed E-state index contributed by atoms with van der Waals surface area (Å²) >= 11 is 3.73. The zero-order valence-corrected chi connectivity index (χ0v) is 71.9. The van der Waals surface area contributed by atoms with Crippen molar-refractivity contribution in [3.05, 3.63) is 159 Å². The van der Waals surface area contributed by atoms with E-state index in [9.17, 15) is 0 Å². The number of aromatic nitrogens is 27. The first-order valence-corrected chi connectivity index (χ1v) is 36.9. The highest BCUT2D eigenvalue weighted by Crippen LogP contribution is 2.12. The van der Waals surface area contributed by atoms with Crippen LogP contribution in [0.1, 0.15) is 268 Å². The highest BCUT2D eigenvalue weighted by molar-refractivity contribution is 7.05. The van der Waals surface area contributed by atoms with Crippen LogP contribution in [0.4, 0.5) is 0 Å². The number of hydrogen-bond acceptors (Lipinski definition) is 35. The first-order valence-electron chi connectivity index (χ1n) is 34.7. The summed E-state index contributed by atoms with van der Waals surface area (Å²) in [5.74, 6) is 8.94. The molecule has 33 nitrogen and oxygen atoms in total. The Morgan fingerprint density at radius 3 is 1.08 bits per heavy atom. The van der Waals surface area contributed by atoms with E-state index in [1.165, 1.54) is 67.3 Å². The molecule has 0 amide bonds. The Hall–Kier alpha value is -9.32. The molecular weight excluding hydrogens is 1410 g/mol. The van der Waals surface area contributed by atoms with Gasteiger partial charge in [-0.2, -0.15) is 28.4 Å². The Bertz CT molecular complexity index is 2430. The van der Waals surface area contributed by atoms with Crippen molar-refractivity contribution in [2.45, 2.75) is 245 Å². The van der Waals surface area contributed by atoms with Gasteiger partial charge in [0.1, 0.15) is 29.5 Å². The van der Waals surface area contributed by atoms with Crippen LogP contribution in [0, 0.1) is 47.3 Å². The first kappa shape index (κ1) is 113. The molecule has 0 aromatic carbocycles. The molecule has 0 saturated carbocycles. The Morgan fingerprint density at radius 1 is 0.368 bits per heavy atom. The van der Waals surface area contributed by atoms with Crippen LogP contribution in [0.15, 0.2) is 164 Å². The number of hydrogen-bond donors (Lipinski definition) is 1. The molecular formula is C70H131N27O6S3. The number of rotatable bonds is 4. The molecule has 12 aromatic heterocycles. The third-order valence-corrected chi connectivity index (χ3v) is 8.03. The topological polar surface area (TPSA) is 430 Å². The van der Waals surface area contributed by atoms with Crippen molar-refractivity contribution in [2.24, 2.45) is 47.3 Å². The van der Waals surface area contributed by atoms with E-state index in [0.29, 0.717) is 23.6 Å². The highest BCUT2D eigenvalue weighted by atomic mass is 32.1. The van der Waals surface area contributed by atoms with Crippen LogP contribution >= 0.6 is 35.0 Å². The standard InChI is InChI=1S/C5H8N2O.C5H8N2S.C4H7N3O.C4H7N3S.C4H4N2.8C4H10.C3H3N3.C3H4N2.2C3H3NO.C2H2N2O.CHN3O.CHN3S/c2*1-4(2)5-3-6-8-7-5;2*1-3(2)4-5-6-7-8-4;1-2-4-6-5-3-1;8*1-4(2)3;1-2-4-6-5-3-1;1-2-4-5-3-1;1-2-5-3-4-1;1-2-4-5-3-1;1-2-5-4-3-1;2*1-2-4-5-3-1/h2*3-4H,1-2H3;2*3H,1-2H3;1-4H;8*4H,1-3H3;1-3H;1-3H,(H,4,5);2*1-3H;1-2H;2*1H. The van der Waals surface area contributed by atoms with Gasteiger partial charge in [-0.15, -0.1) is 25.5 Å². The molecule has 36 heteroatoms. The fourth-order valence-electron chi connectivity index (χ4n) is 2.95. The minimum absolute atomic E-state index is 0.282. The smallest absolute Gasteiger partial charge is 0.250 e. The van der Waals surface area contributed by atoms with Crippen LogP contribution in [-0.2, 0) is 0 Å². The summed E-state index contributed by atoms with van der Waals surface area (Å²) in [5.41, 5.74) is 2.00. The number of H-pyrrole nitrogens is 1. The fraction of sp³-hybridized carbons (Fsp3) is 0.629. The molecule has 600 valence electrons. The normalized spacial score (nSPS) is 9.02. The molecule has 0 unspecified atom stereocenters. The second-order valence-electron chi connectivity index (χ2n) is 27.0. The average Bonchev–Trinajstić information content (AvgIpc) is 1.86. The van der Waals surface area contributed by atoms with Gasteiger partial charge in [0.2, 0.25) is 0 Å². The third-order valence-electron chi connectivity index (χ3n) is 6.29. The SMILES string of the molecule is CC(C)C.CC(C)C.CC(C)C.CC(C)C.CC(C)C.CC(C)C.CC(C)C.CC(C)C.CC(C)c1cnon1.CC(C)c1cnsn1.CC(C)c1nnno1.CC(C)c1nnns1.c1ccnnc1.c1cn[nH]c1.c1cnnnc1.c1cnoc1.c1cocn1.c1conn1.c1nnon1.c1nnsn1. The molecule has 0 spiro atoms. The Kier molecular flexibility index (Phi) is 97.4. The van der Waals surface area contributed by atoms with Crippen molar-refractivity contribution in [2.75, 3.05) is 0 Å². The molecule has 12 heterocycles. The van der Waals surface area contributed by atoms with Gasteiger partial charge in [0.25, 0.3) is 5.89 Å². The van der Waals surface area contributed by atoms with E-state index in [-0.39, 0.29) is 5.92 Å². The lowest BCUT2D eigenvalue weighted by Crippen LogP contribution is -1.85. The van der Waals surface area contributed by atoms with Crippen molar-refractivity contribution in [3.63, 3.8) is 0 Å². The maximum atomic E-state index is 4.62. The van der Waals surface area contributed by atoms with Crippen LogP contribution in [0.2, 0.25) is 0 Å². The molecule has 0 fully saturated rings. The zero-order chi connectivity index (χ0) is 82.2. The summed E-state index contributed by atoms with van der Waals surface area (Å²) in [5, 5.41) is 71.2. The van der Waals surface area contributed by atoms with Crippen molar-refractivity contribution in [3.8, 4) is 0 Å². The first-order chi connectivity index (χ1) is 50.1. The zero-order valence-electron chi connectivity index (χ0n) is 69.4. The van der Waals surface area contributed by atoms with Gasteiger partial charge in [0.15, 0.2) is 19.0 Å². The van der Waals surface area contributed by atoms with Gasteiger partial charge < -0.3 is 18.0 Å². The van der Waals surface area contributed by atoms with Crippen LogP contribution in [0.25, 0.3) is 0 Å². The largest absolute Gasteiger partial charge is 0.452 e. The van der Waals surface area contributed by atoms with E-state index in [0.717, 1.165) is 75.5 Å². The van der Waals surface area contributed by atoms with Gasteiger partial charge in [-0.25, -0.2) is 14.2 Å². The average molecular weight is 1540 g/mol. The fourth-order valence-corrected chi connectivity index (χ4v) is 4.15. The van der Waals surface area contributed by atoms with Gasteiger partial charge in [-0.05, 0) is 104 Å². The van der Waals surface area contributed by atoms with E-state index in [2.05, 4.69) is 356 Å². The third kappa shape index (κ3) is 141. The van der Waals surface area contributed by atoms with Gasteiger partial charge >= 0.3 is 0 Å². The van der Waals surface area contributed by atoms with Gasteiger partial charge in [0.05, 0.1) is 83.1 Å². The second-order valence-corrected chi connectivity index (χ2v) is 28.8. The van der Waals surface area contributed by atoms with Crippen LogP contribution in [0.5, 0.6) is 0 Å². The molecule has 12 aromatic rings.